The number of hydrogen-bond acceptors (Lipinski definition) is 6. The van der Waals surface area contributed by atoms with E-state index >= 15 is 0 Å². The number of fused-ring (bicyclic) bond motifs is 2. The average Bonchev–Trinajstić information content (AvgIpc) is 3.46. The van der Waals surface area contributed by atoms with Crippen LogP contribution in [0.3, 0.4) is 0 Å². The molecule has 9 heteroatoms. The number of aryl methyl sites for hydroxylation is 2. The second-order valence-corrected chi connectivity index (χ2v) is 15.7. The van der Waals surface area contributed by atoms with Gasteiger partial charge in [0, 0.05) is 32.6 Å². The fraction of sp³-hybridized carbons (Fsp3) is 0.707. The molecule has 2 aromatic heterocycles. The molecular formula is C41H66N4O5. The molecule has 3 aromatic rings. The fourth-order valence-electron chi connectivity index (χ4n) is 7.27. The highest BCUT2D eigenvalue weighted by atomic mass is 16.5. The molecule has 0 aliphatic carbocycles. The molecule has 1 aliphatic heterocycles. The van der Waals surface area contributed by atoms with E-state index in [9.17, 15) is 19.5 Å². The van der Waals surface area contributed by atoms with Crippen molar-refractivity contribution in [1.82, 2.24) is 18.7 Å². The van der Waals surface area contributed by atoms with Crippen LogP contribution >= 0.6 is 0 Å². The zero-order chi connectivity index (χ0) is 37.1. The first-order valence-corrected chi connectivity index (χ1v) is 19.2. The molecule has 3 atom stereocenters. The predicted molar refractivity (Wildman–Crippen MR) is 205 cm³/mol. The van der Waals surface area contributed by atoms with E-state index in [0.717, 1.165) is 59.5 Å². The van der Waals surface area contributed by atoms with Gasteiger partial charge in [-0.2, -0.15) is 0 Å². The Morgan fingerprint density at radius 2 is 1.52 bits per heavy atom. The van der Waals surface area contributed by atoms with Gasteiger partial charge in [0.05, 0.1) is 12.4 Å². The van der Waals surface area contributed by atoms with Crippen molar-refractivity contribution in [2.45, 2.75) is 158 Å². The van der Waals surface area contributed by atoms with Crippen LogP contribution in [0.15, 0.2) is 15.9 Å². The normalized spacial score (nSPS) is 15.4. The smallest absolute Gasteiger partial charge is 0.332 e. The minimum absolute atomic E-state index is 0.118. The Bertz CT molecular complexity index is 1680. The van der Waals surface area contributed by atoms with Gasteiger partial charge in [-0.1, -0.05) is 72.6 Å². The predicted octanol–water partition coefficient (Wildman–Crippen LogP) is 8.64. The van der Waals surface area contributed by atoms with Gasteiger partial charge in [0.25, 0.3) is 5.56 Å². The number of aromatic hydroxyl groups is 1. The van der Waals surface area contributed by atoms with Gasteiger partial charge in [0.15, 0.2) is 11.2 Å². The van der Waals surface area contributed by atoms with Crippen LogP contribution in [0.4, 0.5) is 0 Å². The highest BCUT2D eigenvalue weighted by molar-refractivity contribution is 5.75. The Hall–Kier alpha value is -3.36. The Kier molecular flexibility index (Phi) is 15.9. The second kappa shape index (κ2) is 19.3. The molecule has 0 unspecified atom stereocenters. The third-order valence-corrected chi connectivity index (χ3v) is 10.8. The molecule has 1 N–H and O–H groups in total. The number of rotatable bonds is 17. The number of carbonyl (C=O) groups is 1. The molecule has 0 radical (unpaired) electrons. The highest BCUT2D eigenvalue weighted by Crippen LogP contribution is 2.41. The molecule has 0 bridgehead atoms. The summed E-state index contributed by atoms with van der Waals surface area (Å²) in [6.07, 6.45) is 17.8. The van der Waals surface area contributed by atoms with E-state index in [-0.39, 0.29) is 17.0 Å². The highest BCUT2D eigenvalue weighted by Gasteiger charge is 2.26. The summed E-state index contributed by atoms with van der Waals surface area (Å²) in [6.45, 7) is 17.5. The summed E-state index contributed by atoms with van der Waals surface area (Å²) in [7, 11) is 3.32. The number of ketones is 1. The zero-order valence-corrected chi connectivity index (χ0v) is 32.9. The van der Waals surface area contributed by atoms with Gasteiger partial charge in [-0.15, -0.1) is 0 Å². The van der Waals surface area contributed by atoms with Gasteiger partial charge in [0.2, 0.25) is 0 Å². The summed E-state index contributed by atoms with van der Waals surface area (Å²) in [5.74, 6) is 4.19. The lowest BCUT2D eigenvalue weighted by Crippen LogP contribution is -2.39. The van der Waals surface area contributed by atoms with Crippen molar-refractivity contribution in [2.75, 3.05) is 0 Å². The van der Waals surface area contributed by atoms with E-state index in [1.54, 1.807) is 18.7 Å². The summed E-state index contributed by atoms with van der Waals surface area (Å²) >= 11 is 0. The Morgan fingerprint density at radius 3 is 2.14 bits per heavy atom. The summed E-state index contributed by atoms with van der Waals surface area (Å²) in [4.78, 5) is 39.4. The number of imidazole rings is 1. The number of aromatic nitrogens is 4. The molecule has 50 heavy (non-hydrogen) atoms. The van der Waals surface area contributed by atoms with Crippen molar-refractivity contribution in [3.05, 3.63) is 49.4 Å². The van der Waals surface area contributed by atoms with Gasteiger partial charge in [-0.25, -0.2) is 9.78 Å². The first-order valence-electron chi connectivity index (χ1n) is 19.2. The van der Waals surface area contributed by atoms with Gasteiger partial charge >= 0.3 is 5.69 Å². The molecule has 0 fully saturated rings. The first kappa shape index (κ1) is 41.1. The molecule has 280 valence electrons. The average molecular weight is 695 g/mol. The van der Waals surface area contributed by atoms with E-state index in [2.05, 4.69) is 39.6 Å². The molecule has 0 saturated carbocycles. The number of unbranched alkanes of at least 4 members (excludes halogenated alkanes) is 1. The third-order valence-electron chi connectivity index (χ3n) is 10.8. The Morgan fingerprint density at radius 1 is 0.900 bits per heavy atom. The van der Waals surface area contributed by atoms with Crippen molar-refractivity contribution >= 4 is 16.9 Å². The van der Waals surface area contributed by atoms with E-state index < -0.39 is 0 Å². The van der Waals surface area contributed by atoms with Crippen molar-refractivity contribution in [1.29, 1.82) is 0 Å². The Labute approximate surface area is 300 Å². The standard InChI is InChI=1S/C28H48O2.C13H18N4O3/c1-19(2)11-8-12-20(3)13-9-14-21(4)15-10-16-25-17-18-26-24(7)27(29)22(5)23(6)28(26)30-25;1-9(18)6-4-5-7-17-12(19)10-11(14-8-15(10)2)16(3)13(17)20/h19-21,25,29H,8-18H2,1-7H3;8H,4-7H2,1-3H3/t20-,21-,25-;/m1./s1. The molecule has 9 nitrogen and oxygen atoms in total. The molecule has 0 spiro atoms. The van der Waals surface area contributed by atoms with Crippen LogP contribution in [0.25, 0.3) is 11.2 Å². The molecular weight excluding hydrogens is 628 g/mol. The van der Waals surface area contributed by atoms with Crippen molar-refractivity contribution in [3.63, 3.8) is 0 Å². The summed E-state index contributed by atoms with van der Waals surface area (Å²) in [5, 5.41) is 10.3. The minimum Gasteiger partial charge on any atom is -0.507 e. The summed E-state index contributed by atoms with van der Waals surface area (Å²) in [6, 6.07) is 0. The van der Waals surface area contributed by atoms with Gasteiger partial charge < -0.3 is 19.2 Å². The minimum atomic E-state index is -0.371. The molecule has 3 heterocycles. The van der Waals surface area contributed by atoms with E-state index in [0.29, 0.717) is 48.8 Å². The van der Waals surface area contributed by atoms with Crippen LogP contribution in [0.1, 0.15) is 140 Å². The van der Waals surface area contributed by atoms with Gasteiger partial charge in [0.1, 0.15) is 17.3 Å². The maximum absolute atomic E-state index is 12.3. The van der Waals surface area contributed by atoms with E-state index in [1.807, 2.05) is 13.8 Å². The van der Waals surface area contributed by atoms with Crippen LogP contribution in [0, 0.1) is 38.5 Å². The van der Waals surface area contributed by atoms with E-state index in [4.69, 9.17) is 4.74 Å². The first-order chi connectivity index (χ1) is 23.6. The number of Topliss-reactive ketones (excluding diaryl/α,β-unsaturated/α-hetero) is 1. The lowest BCUT2D eigenvalue weighted by atomic mass is 9.89. The van der Waals surface area contributed by atoms with Crippen LogP contribution < -0.4 is 16.0 Å². The number of phenols is 1. The van der Waals surface area contributed by atoms with Gasteiger partial charge in [-0.3, -0.25) is 13.9 Å². The summed E-state index contributed by atoms with van der Waals surface area (Å²) in [5.41, 5.74) is 4.44. The van der Waals surface area contributed by atoms with Crippen LogP contribution in [-0.2, 0) is 31.9 Å². The largest absolute Gasteiger partial charge is 0.507 e. The molecule has 4 rings (SSSR count). The monoisotopic (exact) mass is 695 g/mol. The lowest BCUT2D eigenvalue weighted by Gasteiger charge is -2.30. The number of nitrogens with zero attached hydrogens (tertiary/aromatic N) is 4. The number of ether oxygens (including phenoxy) is 1. The van der Waals surface area contributed by atoms with Gasteiger partial charge in [-0.05, 0) is 101 Å². The molecule has 1 aromatic carbocycles. The maximum atomic E-state index is 12.3. The van der Waals surface area contributed by atoms with Crippen LogP contribution in [-0.4, -0.2) is 35.7 Å². The quantitative estimate of drug-likeness (QED) is 0.142. The molecule has 1 aliphatic rings. The lowest BCUT2D eigenvalue weighted by molar-refractivity contribution is -0.117. The van der Waals surface area contributed by atoms with E-state index in [1.165, 1.54) is 79.3 Å². The van der Waals surface area contributed by atoms with Crippen molar-refractivity contribution < 1.29 is 14.6 Å². The summed E-state index contributed by atoms with van der Waals surface area (Å²) < 4.78 is 10.6. The number of phenolic OH excluding ortho intramolecular Hbond substituents is 1. The van der Waals surface area contributed by atoms with Crippen molar-refractivity contribution in [2.24, 2.45) is 31.8 Å². The van der Waals surface area contributed by atoms with Crippen molar-refractivity contribution in [3.8, 4) is 11.5 Å². The topological polar surface area (TPSA) is 108 Å². The Balaban J connectivity index is 0.000000292. The number of carbonyl (C=O) groups excluding carboxylic acids is 1. The number of hydrogen-bond donors (Lipinski definition) is 1. The zero-order valence-electron chi connectivity index (χ0n) is 32.9. The molecule has 0 amide bonds. The van der Waals surface area contributed by atoms with Crippen LogP contribution in [0.5, 0.6) is 11.5 Å². The van der Waals surface area contributed by atoms with Crippen LogP contribution in [0.2, 0.25) is 0 Å². The fourth-order valence-corrected chi connectivity index (χ4v) is 7.27. The SMILES string of the molecule is CC(=O)CCCCn1c(=O)c2c(ncn2C)n(C)c1=O.Cc1c(C)c2c(c(C)c1O)CC[C@@H](CCC[C@H](C)CCC[C@H](C)CCCC(C)C)O2. The number of benzene rings is 1. The molecule has 0 saturated heterocycles. The second-order valence-electron chi connectivity index (χ2n) is 15.7. The maximum Gasteiger partial charge on any atom is 0.332 e. The third kappa shape index (κ3) is 11.1.